The van der Waals surface area contributed by atoms with Crippen LogP contribution in [0.3, 0.4) is 0 Å². The van der Waals surface area contributed by atoms with Crippen LogP contribution in [0.4, 0.5) is 4.79 Å². The molecule has 0 aromatic heterocycles. The number of nitriles is 1. The second kappa shape index (κ2) is 12.7. The number of para-hydroxylation sites is 1. The van der Waals surface area contributed by atoms with Crippen molar-refractivity contribution >= 4 is 18.3 Å². The van der Waals surface area contributed by atoms with Gasteiger partial charge >= 0.3 is 6.16 Å². The summed E-state index contributed by atoms with van der Waals surface area (Å²) < 4.78 is 15.7. The van der Waals surface area contributed by atoms with Crippen LogP contribution in [0.15, 0.2) is 58.5 Å². The van der Waals surface area contributed by atoms with E-state index >= 15 is 0 Å². The second-order valence-corrected chi connectivity index (χ2v) is 6.94. The summed E-state index contributed by atoms with van der Waals surface area (Å²) in [7, 11) is 1.65. The average molecular weight is 437 g/mol. The van der Waals surface area contributed by atoms with Crippen molar-refractivity contribution in [1.29, 1.82) is 5.26 Å². The van der Waals surface area contributed by atoms with Crippen molar-refractivity contribution in [3.63, 3.8) is 0 Å². The molecule has 8 heteroatoms. The molecule has 0 amide bonds. The number of hydrogen-bond donors (Lipinski definition) is 1. The van der Waals surface area contributed by atoms with E-state index in [-0.39, 0.29) is 12.9 Å². The van der Waals surface area contributed by atoms with Gasteiger partial charge in [-0.1, -0.05) is 37.3 Å². The minimum Gasteiger partial charge on any atom is -0.457 e. The Morgan fingerprint density at radius 3 is 2.69 bits per heavy atom. The summed E-state index contributed by atoms with van der Waals surface area (Å²) in [5, 5.41) is 12.7. The van der Waals surface area contributed by atoms with E-state index in [4.69, 9.17) is 14.2 Å². The number of ether oxygens (including phenoxy) is 3. The molecule has 0 spiro atoms. The summed E-state index contributed by atoms with van der Waals surface area (Å²) in [6, 6.07) is 16.3. The second-order valence-electron chi connectivity index (χ2n) is 6.94. The first-order valence-electron chi connectivity index (χ1n) is 10.3. The zero-order valence-electron chi connectivity index (χ0n) is 18.7. The van der Waals surface area contributed by atoms with Crippen molar-refractivity contribution in [3.05, 3.63) is 65.2 Å². The molecule has 2 rings (SSSR count). The highest BCUT2D eigenvalue weighted by molar-refractivity contribution is 5.88. The summed E-state index contributed by atoms with van der Waals surface area (Å²) >= 11 is 0. The molecule has 168 valence electrons. The lowest BCUT2D eigenvalue weighted by molar-refractivity contribution is -0.00849. The van der Waals surface area contributed by atoms with Gasteiger partial charge in [-0.3, -0.25) is 4.99 Å². The number of carbonyl (C=O) groups excluding carboxylic acids is 1. The number of rotatable bonds is 8. The Bertz CT molecular complexity index is 995. The maximum absolute atomic E-state index is 11.6. The Labute approximate surface area is 188 Å². The summed E-state index contributed by atoms with van der Waals surface area (Å²) in [5.74, 6) is 0.936. The molecule has 0 aliphatic heterocycles. The molecule has 0 fully saturated rings. The van der Waals surface area contributed by atoms with Gasteiger partial charge in [0.15, 0.2) is 0 Å². The van der Waals surface area contributed by atoms with Gasteiger partial charge in [-0.05, 0) is 44.0 Å². The predicted molar refractivity (Wildman–Crippen MR) is 123 cm³/mol. The van der Waals surface area contributed by atoms with Gasteiger partial charge < -0.3 is 19.5 Å². The van der Waals surface area contributed by atoms with E-state index in [1.54, 1.807) is 45.3 Å². The average Bonchev–Trinajstić information content (AvgIpc) is 2.79. The van der Waals surface area contributed by atoms with E-state index in [1.165, 1.54) is 0 Å². The number of guanidine groups is 1. The SMILES string of the molecule is CC/C=N\C(=NC)NC(c1cccc(C#N)c1)c1ccccc1OCOC(=O)OC(C)C. The zero-order chi connectivity index (χ0) is 23.3. The fourth-order valence-electron chi connectivity index (χ4n) is 2.81. The lowest BCUT2D eigenvalue weighted by Crippen LogP contribution is -2.29. The molecule has 0 saturated carbocycles. The maximum atomic E-state index is 11.6. The highest BCUT2D eigenvalue weighted by Gasteiger charge is 2.20. The van der Waals surface area contributed by atoms with Gasteiger partial charge in [0, 0.05) is 18.8 Å². The Morgan fingerprint density at radius 2 is 2.00 bits per heavy atom. The van der Waals surface area contributed by atoms with Crippen LogP contribution in [0.5, 0.6) is 5.75 Å². The molecule has 0 radical (unpaired) electrons. The van der Waals surface area contributed by atoms with E-state index in [9.17, 15) is 10.1 Å². The molecular formula is C24H28N4O4. The topological polar surface area (TPSA) is 105 Å². The first-order chi connectivity index (χ1) is 15.5. The van der Waals surface area contributed by atoms with Crippen LogP contribution in [0, 0.1) is 11.3 Å². The zero-order valence-corrected chi connectivity index (χ0v) is 18.7. The predicted octanol–water partition coefficient (Wildman–Crippen LogP) is 4.60. The monoisotopic (exact) mass is 436 g/mol. The van der Waals surface area contributed by atoms with Gasteiger partial charge in [-0.15, -0.1) is 0 Å². The largest absolute Gasteiger partial charge is 0.511 e. The first kappa shape index (κ1) is 24.4. The third kappa shape index (κ3) is 7.43. The van der Waals surface area contributed by atoms with E-state index in [1.807, 2.05) is 37.3 Å². The van der Waals surface area contributed by atoms with E-state index in [0.717, 1.165) is 17.5 Å². The molecule has 1 unspecified atom stereocenters. The molecule has 0 saturated heterocycles. The van der Waals surface area contributed by atoms with Crippen LogP contribution in [0.1, 0.15) is 49.9 Å². The van der Waals surface area contributed by atoms with E-state index in [2.05, 4.69) is 21.4 Å². The smallest absolute Gasteiger partial charge is 0.457 e. The van der Waals surface area contributed by atoms with Crippen molar-refractivity contribution in [2.45, 2.75) is 39.3 Å². The van der Waals surface area contributed by atoms with Gasteiger partial charge in [0.05, 0.1) is 23.8 Å². The third-order valence-corrected chi connectivity index (χ3v) is 4.18. The van der Waals surface area contributed by atoms with E-state index < -0.39 is 12.2 Å². The summed E-state index contributed by atoms with van der Waals surface area (Å²) in [6.07, 6.45) is 1.43. The molecule has 0 aliphatic rings. The standard InChI is InChI=1S/C24H28N4O4/c1-5-13-27-23(26-4)28-22(19-10-8-9-18(14-19)15-25)20-11-6-7-12-21(20)30-16-31-24(29)32-17(2)3/h6-14,17,22H,5,16H2,1-4H3,(H,26,28)/b27-13-. The normalized spacial score (nSPS) is 12.3. The molecular weight excluding hydrogens is 408 g/mol. The highest BCUT2D eigenvalue weighted by atomic mass is 16.8. The van der Waals surface area contributed by atoms with Crippen molar-refractivity contribution in [2.75, 3.05) is 13.8 Å². The Kier molecular flexibility index (Phi) is 9.72. The molecule has 0 heterocycles. The van der Waals surface area contributed by atoms with Crippen LogP contribution < -0.4 is 10.1 Å². The van der Waals surface area contributed by atoms with Crippen molar-refractivity contribution in [1.82, 2.24) is 5.32 Å². The summed E-state index contributed by atoms with van der Waals surface area (Å²) in [6.45, 7) is 5.14. The molecule has 1 atom stereocenters. The molecule has 1 N–H and O–H groups in total. The van der Waals surface area contributed by atoms with Crippen LogP contribution in [-0.4, -0.2) is 38.3 Å². The number of hydrogen-bond acceptors (Lipinski definition) is 6. The fraction of sp³-hybridized carbons (Fsp3) is 0.333. The third-order valence-electron chi connectivity index (χ3n) is 4.18. The van der Waals surface area contributed by atoms with Gasteiger partial charge in [-0.2, -0.15) is 5.26 Å². The molecule has 32 heavy (non-hydrogen) atoms. The Balaban J connectivity index is 2.35. The minimum absolute atomic E-state index is 0.286. The van der Waals surface area contributed by atoms with Gasteiger partial charge in [-0.25, -0.2) is 9.79 Å². The van der Waals surface area contributed by atoms with Gasteiger partial charge in [0.1, 0.15) is 5.75 Å². The van der Waals surface area contributed by atoms with Gasteiger partial charge in [0.25, 0.3) is 0 Å². The number of aliphatic imine (C=N–C) groups is 2. The van der Waals surface area contributed by atoms with Crippen LogP contribution in [-0.2, 0) is 9.47 Å². The summed E-state index contributed by atoms with van der Waals surface area (Å²) in [4.78, 5) is 20.2. The maximum Gasteiger partial charge on any atom is 0.511 e. The number of benzene rings is 2. The van der Waals surface area contributed by atoms with Crippen LogP contribution in [0.25, 0.3) is 0 Å². The Hall–Kier alpha value is -3.86. The lowest BCUT2D eigenvalue weighted by Gasteiger charge is -2.23. The summed E-state index contributed by atoms with van der Waals surface area (Å²) in [5.41, 5.74) is 2.11. The molecule has 8 nitrogen and oxygen atoms in total. The number of nitrogens with zero attached hydrogens (tertiary/aromatic N) is 3. The number of carbonyl (C=O) groups is 1. The quantitative estimate of drug-likeness (QED) is 0.281. The highest BCUT2D eigenvalue weighted by Crippen LogP contribution is 2.31. The van der Waals surface area contributed by atoms with Crippen LogP contribution >= 0.6 is 0 Å². The molecule has 2 aromatic carbocycles. The lowest BCUT2D eigenvalue weighted by atomic mass is 9.96. The van der Waals surface area contributed by atoms with Crippen molar-refractivity contribution < 1.29 is 19.0 Å². The fourth-order valence-corrected chi connectivity index (χ4v) is 2.81. The molecule has 0 bridgehead atoms. The minimum atomic E-state index is -0.803. The molecule has 2 aromatic rings. The van der Waals surface area contributed by atoms with Crippen molar-refractivity contribution in [2.24, 2.45) is 9.98 Å². The van der Waals surface area contributed by atoms with Crippen LogP contribution in [0.2, 0.25) is 0 Å². The van der Waals surface area contributed by atoms with Crippen molar-refractivity contribution in [3.8, 4) is 11.8 Å². The first-order valence-corrected chi connectivity index (χ1v) is 10.3. The Morgan fingerprint density at radius 1 is 1.22 bits per heavy atom. The number of nitrogens with one attached hydrogen (secondary N) is 1. The molecule has 0 aliphatic carbocycles. The van der Waals surface area contributed by atoms with Gasteiger partial charge in [0.2, 0.25) is 12.8 Å². The van der Waals surface area contributed by atoms with E-state index in [0.29, 0.717) is 17.3 Å².